The van der Waals surface area contributed by atoms with Crippen LogP contribution in [-0.2, 0) is 0 Å². The Hall–Kier alpha value is -3.30. The molecule has 3 aliphatic rings. The Balaban J connectivity index is 1.18. The Morgan fingerprint density at radius 3 is 2.68 bits per heavy atom. The number of H-pyrrole nitrogens is 1. The number of aromatic nitrogens is 6. The number of nitrogens with zero attached hydrogens (tertiary/aromatic N) is 6. The van der Waals surface area contributed by atoms with Gasteiger partial charge in [-0.05, 0) is 56.3 Å². The Bertz CT molecular complexity index is 1180. The number of hydrogen-bond donors (Lipinski definition) is 2. The van der Waals surface area contributed by atoms with Crippen LogP contribution in [0.3, 0.4) is 0 Å². The van der Waals surface area contributed by atoms with Crippen molar-refractivity contribution in [2.75, 3.05) is 24.6 Å². The van der Waals surface area contributed by atoms with Gasteiger partial charge in [-0.1, -0.05) is 6.92 Å². The highest BCUT2D eigenvalue weighted by Gasteiger charge is 2.34. The predicted octanol–water partition coefficient (Wildman–Crippen LogP) is 2.84. The molecule has 1 aliphatic heterocycles. The normalized spacial score (nSPS) is 23.0. The fourth-order valence-corrected chi connectivity index (χ4v) is 4.84. The second-order valence-corrected chi connectivity index (χ2v) is 9.89. The van der Waals surface area contributed by atoms with Crippen molar-refractivity contribution >= 4 is 23.0 Å². The molecule has 1 amide bonds. The third-order valence-corrected chi connectivity index (χ3v) is 7.50. The van der Waals surface area contributed by atoms with Gasteiger partial charge < -0.3 is 19.9 Å². The van der Waals surface area contributed by atoms with Crippen LogP contribution in [0.5, 0.6) is 6.01 Å². The number of anilines is 1. The summed E-state index contributed by atoms with van der Waals surface area (Å²) < 4.78 is 5.91. The molecule has 0 radical (unpaired) electrons. The zero-order chi connectivity index (χ0) is 23.1. The topological polar surface area (TPSA) is 122 Å². The summed E-state index contributed by atoms with van der Waals surface area (Å²) in [6.07, 6.45) is 11.7. The summed E-state index contributed by atoms with van der Waals surface area (Å²) in [6.45, 7) is 4.36. The minimum Gasteiger partial charge on any atom is -0.463 e. The molecule has 0 bridgehead atoms. The summed E-state index contributed by atoms with van der Waals surface area (Å²) in [5.74, 6) is 2.02. The first-order valence-corrected chi connectivity index (χ1v) is 12.4. The van der Waals surface area contributed by atoms with E-state index in [0.29, 0.717) is 30.3 Å². The van der Waals surface area contributed by atoms with Crippen LogP contribution in [0.25, 0.3) is 11.2 Å². The number of aromatic amines is 1. The highest BCUT2D eigenvalue weighted by Crippen LogP contribution is 2.38. The van der Waals surface area contributed by atoms with Crippen molar-refractivity contribution in [2.24, 2.45) is 11.8 Å². The Kier molecular flexibility index (Phi) is 5.50. The highest BCUT2D eigenvalue weighted by atomic mass is 16.5. The summed E-state index contributed by atoms with van der Waals surface area (Å²) >= 11 is 0. The second kappa shape index (κ2) is 8.81. The lowest BCUT2D eigenvalue weighted by Crippen LogP contribution is -2.41. The van der Waals surface area contributed by atoms with Gasteiger partial charge in [-0.15, -0.1) is 0 Å². The first kappa shape index (κ1) is 21.2. The van der Waals surface area contributed by atoms with E-state index in [9.17, 15) is 4.79 Å². The van der Waals surface area contributed by atoms with Gasteiger partial charge >= 0.3 is 6.01 Å². The predicted molar refractivity (Wildman–Crippen MR) is 126 cm³/mol. The Labute approximate surface area is 198 Å². The number of ether oxygens (including phenoxy) is 1. The van der Waals surface area contributed by atoms with Crippen LogP contribution in [0, 0.1) is 11.8 Å². The number of hydrogen-bond acceptors (Lipinski definition) is 8. The van der Waals surface area contributed by atoms with Crippen LogP contribution in [0.4, 0.5) is 5.95 Å². The van der Waals surface area contributed by atoms with Crippen LogP contribution in [0.1, 0.15) is 67.5 Å². The second-order valence-electron chi connectivity index (χ2n) is 9.89. The zero-order valence-electron chi connectivity index (χ0n) is 19.4. The molecule has 3 fully saturated rings. The molecular weight excluding hydrogens is 432 g/mol. The monoisotopic (exact) mass is 462 g/mol. The third kappa shape index (κ3) is 4.28. The maximum atomic E-state index is 12.8. The van der Waals surface area contributed by atoms with Gasteiger partial charge in [0.15, 0.2) is 5.65 Å². The van der Waals surface area contributed by atoms with Gasteiger partial charge in [0.1, 0.15) is 5.52 Å². The van der Waals surface area contributed by atoms with Crippen molar-refractivity contribution in [3.05, 3.63) is 30.0 Å². The molecule has 10 heteroatoms. The van der Waals surface area contributed by atoms with Gasteiger partial charge in [-0.2, -0.15) is 15.0 Å². The lowest BCUT2D eigenvalue weighted by atomic mass is 9.91. The maximum absolute atomic E-state index is 12.8. The smallest absolute Gasteiger partial charge is 0.321 e. The zero-order valence-corrected chi connectivity index (χ0v) is 19.4. The Morgan fingerprint density at radius 2 is 1.94 bits per heavy atom. The van der Waals surface area contributed by atoms with E-state index < -0.39 is 0 Å². The summed E-state index contributed by atoms with van der Waals surface area (Å²) in [5.41, 5.74) is 2.98. The van der Waals surface area contributed by atoms with Gasteiger partial charge in [-0.3, -0.25) is 9.78 Å². The molecule has 0 unspecified atom stereocenters. The van der Waals surface area contributed by atoms with E-state index in [1.54, 1.807) is 12.4 Å². The summed E-state index contributed by atoms with van der Waals surface area (Å²) in [6, 6.07) is 0.469. The van der Waals surface area contributed by atoms with Crippen molar-refractivity contribution in [3.8, 4) is 6.01 Å². The van der Waals surface area contributed by atoms with Crippen LogP contribution in [-0.4, -0.2) is 61.5 Å². The maximum Gasteiger partial charge on any atom is 0.321 e. The van der Waals surface area contributed by atoms with Crippen LogP contribution in [0.2, 0.25) is 0 Å². The van der Waals surface area contributed by atoms with Gasteiger partial charge in [0.05, 0.1) is 6.61 Å². The van der Waals surface area contributed by atoms with Crippen LogP contribution >= 0.6 is 0 Å². The number of piperidine rings is 1. The van der Waals surface area contributed by atoms with Crippen LogP contribution < -0.4 is 15.0 Å². The number of carbonyl (C=O) groups is 1. The van der Waals surface area contributed by atoms with E-state index in [1.807, 2.05) is 6.20 Å². The largest absolute Gasteiger partial charge is 0.463 e. The van der Waals surface area contributed by atoms with Crippen molar-refractivity contribution in [1.29, 1.82) is 0 Å². The molecule has 6 rings (SSSR count). The Morgan fingerprint density at radius 1 is 1.15 bits per heavy atom. The molecule has 0 aromatic carbocycles. The van der Waals surface area contributed by atoms with Crippen molar-refractivity contribution in [2.45, 2.75) is 57.4 Å². The molecule has 3 aromatic heterocycles. The third-order valence-electron chi connectivity index (χ3n) is 7.50. The first-order valence-electron chi connectivity index (χ1n) is 12.4. The molecule has 2 atom stereocenters. The number of amides is 1. The van der Waals surface area contributed by atoms with E-state index in [4.69, 9.17) is 4.74 Å². The van der Waals surface area contributed by atoms with Gasteiger partial charge in [-0.25, -0.2) is 4.98 Å². The van der Waals surface area contributed by atoms with Crippen molar-refractivity contribution in [3.63, 3.8) is 0 Å². The first-order chi connectivity index (χ1) is 16.6. The van der Waals surface area contributed by atoms with E-state index in [-0.39, 0.29) is 23.8 Å². The molecular formula is C24H30N8O2. The summed E-state index contributed by atoms with van der Waals surface area (Å²) in [5, 5.41) is 3.03. The molecule has 2 N–H and O–H groups in total. The van der Waals surface area contributed by atoms with Gasteiger partial charge in [0, 0.05) is 43.3 Å². The summed E-state index contributed by atoms with van der Waals surface area (Å²) in [7, 11) is 0. The summed E-state index contributed by atoms with van der Waals surface area (Å²) in [4.78, 5) is 40.5. The fourth-order valence-electron chi connectivity index (χ4n) is 4.84. The van der Waals surface area contributed by atoms with Gasteiger partial charge in [0.2, 0.25) is 11.8 Å². The quantitative estimate of drug-likeness (QED) is 0.550. The number of rotatable bonds is 7. The van der Waals surface area contributed by atoms with Crippen LogP contribution in [0.15, 0.2) is 18.6 Å². The molecule has 2 aliphatic carbocycles. The standard InChI is InChI=1S/C24H30N8O2/c1-14-11-16(14)13-34-24-30-21(22(33)28-17-3-2-4-17)29-23(31-24)32-9-5-15(6-10-32)18-12-27-20-19(18)25-7-8-26-20/h7-8,12,14-17H,2-6,9-11,13H2,1H3,(H,26,27)(H,28,33)/t14-,16-/m1/s1. The van der Waals surface area contributed by atoms with E-state index in [1.165, 1.54) is 12.0 Å². The SMILES string of the molecule is C[C@@H]1C[C@@H]1COc1nc(C(=O)NC2CCC2)nc(N2CCC(c3c[nH]c4nccnc34)CC2)n1. The van der Waals surface area contributed by atoms with E-state index in [2.05, 4.69) is 47.0 Å². The molecule has 10 nitrogen and oxygen atoms in total. The van der Waals surface area contributed by atoms with Crippen molar-refractivity contribution in [1.82, 2.24) is 35.2 Å². The number of fused-ring (bicyclic) bond motifs is 1. The molecule has 0 spiro atoms. The average Bonchev–Trinajstić information content (AvgIpc) is 3.38. The minimum absolute atomic E-state index is 0.143. The molecule has 34 heavy (non-hydrogen) atoms. The van der Waals surface area contributed by atoms with Crippen molar-refractivity contribution < 1.29 is 9.53 Å². The lowest BCUT2D eigenvalue weighted by molar-refractivity contribution is 0.0904. The molecule has 3 aromatic rings. The molecule has 1 saturated heterocycles. The fraction of sp³-hybridized carbons (Fsp3) is 0.583. The average molecular weight is 463 g/mol. The molecule has 2 saturated carbocycles. The number of carbonyl (C=O) groups excluding carboxylic acids is 1. The van der Waals surface area contributed by atoms with E-state index in [0.717, 1.165) is 56.4 Å². The van der Waals surface area contributed by atoms with E-state index >= 15 is 0 Å². The molecule has 4 heterocycles. The van der Waals surface area contributed by atoms with Gasteiger partial charge in [0.25, 0.3) is 5.91 Å². The number of nitrogens with one attached hydrogen (secondary N) is 2. The highest BCUT2D eigenvalue weighted by molar-refractivity contribution is 5.91. The minimum atomic E-state index is -0.245. The molecule has 178 valence electrons. The lowest BCUT2D eigenvalue weighted by Gasteiger charge is -2.32.